The van der Waals surface area contributed by atoms with Gasteiger partial charge in [0.05, 0.1) is 12.9 Å². The molecule has 0 heterocycles. The third-order valence-electron chi connectivity index (χ3n) is 2.61. The zero-order valence-electron chi connectivity index (χ0n) is 8.36. The van der Waals surface area contributed by atoms with Crippen LogP contribution in [0.3, 0.4) is 0 Å². The first-order valence-electron chi connectivity index (χ1n) is 5.13. The summed E-state index contributed by atoms with van der Waals surface area (Å²) in [7, 11) is 1.81. The minimum atomic E-state index is 1.18. The van der Waals surface area contributed by atoms with Crippen molar-refractivity contribution in [2.45, 2.75) is 51.9 Å². The molecule has 0 bridgehead atoms. The molecule has 1 nitrogen and oxygen atoms in total. The van der Waals surface area contributed by atoms with Gasteiger partial charge >= 0.3 is 0 Å². The molecule has 0 spiro atoms. The van der Waals surface area contributed by atoms with Gasteiger partial charge in [-0.2, -0.15) is 0 Å². The van der Waals surface area contributed by atoms with E-state index in [4.69, 9.17) is 4.74 Å². The Morgan fingerprint density at radius 1 is 1.25 bits per heavy atom. The van der Waals surface area contributed by atoms with Crippen LogP contribution in [0.4, 0.5) is 0 Å². The van der Waals surface area contributed by atoms with Crippen molar-refractivity contribution >= 4 is 0 Å². The SMILES string of the molecule is CCCCC1=C(OC)CCCC1. The Morgan fingerprint density at radius 2 is 2.00 bits per heavy atom. The molecule has 0 aromatic carbocycles. The Balaban J connectivity index is 2.48. The Bertz CT molecular complexity index is 158. The summed E-state index contributed by atoms with van der Waals surface area (Å²) in [5.41, 5.74) is 1.59. The van der Waals surface area contributed by atoms with Crippen molar-refractivity contribution < 1.29 is 4.74 Å². The molecule has 0 radical (unpaired) electrons. The Morgan fingerprint density at radius 3 is 2.67 bits per heavy atom. The van der Waals surface area contributed by atoms with Crippen LogP contribution in [0.5, 0.6) is 0 Å². The largest absolute Gasteiger partial charge is 0.501 e. The van der Waals surface area contributed by atoms with Crippen LogP contribution in [0.25, 0.3) is 0 Å². The van der Waals surface area contributed by atoms with Gasteiger partial charge in [-0.25, -0.2) is 0 Å². The van der Waals surface area contributed by atoms with Crippen LogP contribution >= 0.6 is 0 Å². The van der Waals surface area contributed by atoms with Crippen molar-refractivity contribution in [3.63, 3.8) is 0 Å². The molecule has 12 heavy (non-hydrogen) atoms. The number of allylic oxidation sites excluding steroid dienone is 2. The van der Waals surface area contributed by atoms with E-state index >= 15 is 0 Å². The Kier molecular flexibility index (Phi) is 4.20. The molecule has 1 aliphatic carbocycles. The summed E-state index contributed by atoms with van der Waals surface area (Å²) in [6.45, 7) is 2.25. The Labute approximate surface area is 75.8 Å². The van der Waals surface area contributed by atoms with E-state index in [1.807, 2.05) is 7.11 Å². The van der Waals surface area contributed by atoms with Gasteiger partial charge in [-0.05, 0) is 37.7 Å². The molecule has 0 fully saturated rings. The van der Waals surface area contributed by atoms with Gasteiger partial charge in [-0.3, -0.25) is 0 Å². The normalized spacial score (nSPS) is 18.2. The van der Waals surface area contributed by atoms with Crippen LogP contribution < -0.4 is 0 Å². The lowest BCUT2D eigenvalue weighted by atomic mass is 9.94. The molecule has 70 valence electrons. The van der Waals surface area contributed by atoms with Crippen LogP contribution in [-0.4, -0.2) is 7.11 Å². The van der Waals surface area contributed by atoms with Crippen LogP contribution in [-0.2, 0) is 4.74 Å². The first-order chi connectivity index (χ1) is 5.88. The zero-order chi connectivity index (χ0) is 8.81. The summed E-state index contributed by atoms with van der Waals surface area (Å²) in [5, 5.41) is 0. The number of ether oxygens (including phenoxy) is 1. The van der Waals surface area contributed by atoms with Crippen molar-refractivity contribution in [1.82, 2.24) is 0 Å². The van der Waals surface area contributed by atoms with Gasteiger partial charge in [0.2, 0.25) is 0 Å². The fraction of sp³-hybridized carbons (Fsp3) is 0.818. The van der Waals surface area contributed by atoms with Crippen molar-refractivity contribution in [2.24, 2.45) is 0 Å². The standard InChI is InChI=1S/C11H20O/c1-3-4-7-10-8-5-6-9-11(10)12-2/h3-9H2,1-2H3. The molecule has 1 heteroatoms. The molecule has 0 N–H and O–H groups in total. The number of hydrogen-bond acceptors (Lipinski definition) is 1. The highest BCUT2D eigenvalue weighted by Gasteiger charge is 2.11. The number of methoxy groups -OCH3 is 1. The highest BCUT2D eigenvalue weighted by atomic mass is 16.5. The van der Waals surface area contributed by atoms with E-state index in [0.29, 0.717) is 0 Å². The van der Waals surface area contributed by atoms with Crippen LogP contribution in [0.2, 0.25) is 0 Å². The van der Waals surface area contributed by atoms with Crippen LogP contribution in [0.15, 0.2) is 11.3 Å². The zero-order valence-corrected chi connectivity index (χ0v) is 8.36. The van der Waals surface area contributed by atoms with Crippen molar-refractivity contribution in [3.05, 3.63) is 11.3 Å². The van der Waals surface area contributed by atoms with Crippen molar-refractivity contribution in [2.75, 3.05) is 7.11 Å². The van der Waals surface area contributed by atoms with Gasteiger partial charge in [-0.15, -0.1) is 0 Å². The van der Waals surface area contributed by atoms with Gasteiger partial charge in [-0.1, -0.05) is 13.3 Å². The van der Waals surface area contributed by atoms with Crippen LogP contribution in [0.1, 0.15) is 51.9 Å². The predicted octanol–water partition coefficient (Wildman–Crippen LogP) is 3.65. The van der Waals surface area contributed by atoms with Crippen molar-refractivity contribution in [1.29, 1.82) is 0 Å². The fourth-order valence-corrected chi connectivity index (χ4v) is 1.84. The van der Waals surface area contributed by atoms with E-state index in [9.17, 15) is 0 Å². The summed E-state index contributed by atoms with van der Waals surface area (Å²) >= 11 is 0. The average molecular weight is 168 g/mol. The van der Waals surface area contributed by atoms with Crippen LogP contribution in [0, 0.1) is 0 Å². The van der Waals surface area contributed by atoms with Gasteiger partial charge in [0.15, 0.2) is 0 Å². The van der Waals surface area contributed by atoms with E-state index in [2.05, 4.69) is 6.92 Å². The average Bonchev–Trinajstić information content (AvgIpc) is 2.15. The third-order valence-corrected chi connectivity index (χ3v) is 2.61. The molecule has 0 saturated heterocycles. The van der Waals surface area contributed by atoms with E-state index < -0.39 is 0 Å². The fourth-order valence-electron chi connectivity index (χ4n) is 1.84. The minimum Gasteiger partial charge on any atom is -0.501 e. The second-order valence-electron chi connectivity index (χ2n) is 3.54. The molecule has 0 aromatic heterocycles. The number of hydrogen-bond donors (Lipinski definition) is 0. The van der Waals surface area contributed by atoms with Gasteiger partial charge < -0.3 is 4.74 Å². The van der Waals surface area contributed by atoms with E-state index in [-0.39, 0.29) is 0 Å². The molecule has 1 aliphatic rings. The molecule has 0 aliphatic heterocycles. The molecule has 0 aromatic rings. The second-order valence-corrected chi connectivity index (χ2v) is 3.54. The number of unbranched alkanes of at least 4 members (excludes halogenated alkanes) is 1. The summed E-state index contributed by atoms with van der Waals surface area (Å²) in [4.78, 5) is 0. The summed E-state index contributed by atoms with van der Waals surface area (Å²) in [5.74, 6) is 1.29. The highest BCUT2D eigenvalue weighted by molar-refractivity contribution is 5.11. The molecule has 0 amide bonds. The number of rotatable bonds is 4. The maximum atomic E-state index is 5.38. The summed E-state index contributed by atoms with van der Waals surface area (Å²) < 4.78 is 5.38. The van der Waals surface area contributed by atoms with E-state index in [0.717, 1.165) is 0 Å². The molecule has 0 unspecified atom stereocenters. The van der Waals surface area contributed by atoms with Gasteiger partial charge in [0, 0.05) is 6.42 Å². The molecule has 0 atom stereocenters. The lowest BCUT2D eigenvalue weighted by molar-refractivity contribution is 0.258. The van der Waals surface area contributed by atoms with Crippen molar-refractivity contribution in [3.8, 4) is 0 Å². The predicted molar refractivity (Wildman–Crippen MR) is 52.0 cm³/mol. The van der Waals surface area contributed by atoms with E-state index in [1.165, 1.54) is 50.7 Å². The smallest absolute Gasteiger partial charge is 0.0947 e. The molecule has 1 rings (SSSR count). The topological polar surface area (TPSA) is 9.23 Å². The minimum absolute atomic E-state index is 1.18. The maximum Gasteiger partial charge on any atom is 0.0947 e. The van der Waals surface area contributed by atoms with Gasteiger partial charge in [0.25, 0.3) is 0 Å². The molecular formula is C11H20O. The highest BCUT2D eigenvalue weighted by Crippen LogP contribution is 2.28. The second kappa shape index (κ2) is 5.23. The first-order valence-corrected chi connectivity index (χ1v) is 5.13. The summed E-state index contributed by atoms with van der Waals surface area (Å²) in [6, 6.07) is 0. The Hall–Kier alpha value is -0.460. The molecular weight excluding hydrogens is 148 g/mol. The lowest BCUT2D eigenvalue weighted by Gasteiger charge is -2.18. The third kappa shape index (κ3) is 2.54. The first kappa shape index (κ1) is 9.63. The van der Waals surface area contributed by atoms with Gasteiger partial charge in [0.1, 0.15) is 0 Å². The lowest BCUT2D eigenvalue weighted by Crippen LogP contribution is -2.01. The molecule has 0 saturated carbocycles. The monoisotopic (exact) mass is 168 g/mol. The quantitative estimate of drug-likeness (QED) is 0.622. The maximum absolute atomic E-state index is 5.38. The van der Waals surface area contributed by atoms with E-state index in [1.54, 1.807) is 5.57 Å². The summed E-state index contributed by atoms with van der Waals surface area (Å²) in [6.07, 6.45) is 9.02.